The van der Waals surface area contributed by atoms with E-state index in [9.17, 15) is 0 Å². The molecule has 104 valence electrons. The Labute approximate surface area is 128 Å². The maximum atomic E-state index is 5.77. The van der Waals surface area contributed by atoms with Crippen molar-refractivity contribution in [2.75, 3.05) is 0 Å². The van der Waals surface area contributed by atoms with Gasteiger partial charge in [-0.05, 0) is 6.07 Å². The summed E-state index contributed by atoms with van der Waals surface area (Å²) in [6.45, 7) is 12.0. The van der Waals surface area contributed by atoms with Gasteiger partial charge in [0.25, 0.3) is 0 Å². The third-order valence-electron chi connectivity index (χ3n) is 1.28. The van der Waals surface area contributed by atoms with Crippen molar-refractivity contribution >= 4 is 56.4 Å². The molecule has 0 saturated heterocycles. The van der Waals surface area contributed by atoms with Crippen LogP contribution in [-0.2, 0) is 0 Å². The van der Waals surface area contributed by atoms with Crippen LogP contribution in [0.15, 0.2) is 6.07 Å². The Morgan fingerprint density at radius 2 is 1.39 bits per heavy atom. The van der Waals surface area contributed by atoms with E-state index in [1.807, 2.05) is 41.5 Å². The standard InChI is InChI=1S/C6HCl3N2S.3C2H6/c7-3-1-2-4(5(8)10-3)11-6(9)12-2;3*1-2/h1H;3*1-2H3. The maximum Gasteiger partial charge on any atom is 0.184 e. The zero-order valence-electron chi connectivity index (χ0n) is 11.5. The maximum absolute atomic E-state index is 5.77. The average Bonchev–Trinajstić information content (AvgIpc) is 2.77. The van der Waals surface area contributed by atoms with Crippen molar-refractivity contribution in [2.24, 2.45) is 0 Å². The number of pyridine rings is 1. The van der Waals surface area contributed by atoms with Gasteiger partial charge in [-0.25, -0.2) is 9.97 Å². The van der Waals surface area contributed by atoms with Gasteiger partial charge in [-0.3, -0.25) is 0 Å². The molecule has 2 aromatic rings. The highest BCUT2D eigenvalue weighted by Crippen LogP contribution is 2.31. The Morgan fingerprint density at radius 1 is 0.889 bits per heavy atom. The zero-order valence-corrected chi connectivity index (χ0v) is 14.6. The molecule has 18 heavy (non-hydrogen) atoms. The third kappa shape index (κ3) is 6.19. The van der Waals surface area contributed by atoms with E-state index in [-0.39, 0.29) is 0 Å². The van der Waals surface area contributed by atoms with Crippen molar-refractivity contribution < 1.29 is 0 Å². The second kappa shape index (κ2) is 12.0. The summed E-state index contributed by atoms with van der Waals surface area (Å²) in [5.74, 6) is 0. The largest absolute Gasteiger partial charge is 0.222 e. The molecule has 0 radical (unpaired) electrons. The minimum Gasteiger partial charge on any atom is -0.222 e. The van der Waals surface area contributed by atoms with Crippen LogP contribution in [0.5, 0.6) is 0 Å². The highest BCUT2D eigenvalue weighted by molar-refractivity contribution is 7.22. The number of rotatable bonds is 0. The van der Waals surface area contributed by atoms with Crippen molar-refractivity contribution in [1.29, 1.82) is 0 Å². The molecular weight excluding hydrogens is 311 g/mol. The number of aromatic nitrogens is 2. The van der Waals surface area contributed by atoms with E-state index in [0.717, 1.165) is 4.70 Å². The molecule has 0 aliphatic heterocycles. The van der Waals surface area contributed by atoms with E-state index in [2.05, 4.69) is 9.97 Å². The molecule has 0 saturated carbocycles. The molecule has 2 rings (SSSR count). The summed E-state index contributed by atoms with van der Waals surface area (Å²) in [7, 11) is 0. The molecule has 6 heteroatoms. The Hall–Kier alpha value is -0.0900. The second-order valence-corrected chi connectivity index (χ2v) is 4.41. The van der Waals surface area contributed by atoms with Gasteiger partial charge in [0.15, 0.2) is 9.62 Å². The lowest BCUT2D eigenvalue weighted by atomic mass is 10.4. The molecule has 0 aromatic carbocycles. The van der Waals surface area contributed by atoms with Crippen molar-refractivity contribution in [3.05, 3.63) is 20.8 Å². The first-order chi connectivity index (χ1) is 8.66. The van der Waals surface area contributed by atoms with E-state index in [4.69, 9.17) is 34.8 Å². The van der Waals surface area contributed by atoms with E-state index in [1.165, 1.54) is 11.3 Å². The summed E-state index contributed by atoms with van der Waals surface area (Å²) in [6, 6.07) is 1.69. The number of fused-ring (bicyclic) bond motifs is 1. The fourth-order valence-electron chi connectivity index (χ4n) is 0.838. The molecule has 0 amide bonds. The quantitative estimate of drug-likeness (QED) is 0.501. The summed E-state index contributed by atoms with van der Waals surface area (Å²) >= 11 is 18.5. The van der Waals surface area contributed by atoms with Gasteiger partial charge >= 0.3 is 0 Å². The van der Waals surface area contributed by atoms with Gasteiger partial charge in [0.1, 0.15) is 10.7 Å². The number of hydrogen-bond donors (Lipinski definition) is 0. The number of hydrogen-bond acceptors (Lipinski definition) is 3. The van der Waals surface area contributed by atoms with Crippen LogP contribution >= 0.6 is 46.1 Å². The first-order valence-corrected chi connectivity index (χ1v) is 7.90. The van der Waals surface area contributed by atoms with Crippen molar-refractivity contribution in [1.82, 2.24) is 9.97 Å². The fourth-order valence-corrected chi connectivity index (χ4v) is 2.49. The van der Waals surface area contributed by atoms with E-state index in [0.29, 0.717) is 20.3 Å². The van der Waals surface area contributed by atoms with E-state index < -0.39 is 0 Å². The Kier molecular flexibility index (Phi) is 13.5. The normalized spacial score (nSPS) is 8.28. The lowest BCUT2D eigenvalue weighted by molar-refractivity contribution is 1.34. The van der Waals surface area contributed by atoms with Gasteiger partial charge in [0.2, 0.25) is 0 Å². The van der Waals surface area contributed by atoms with Crippen LogP contribution in [0, 0.1) is 0 Å². The molecule has 2 aromatic heterocycles. The highest BCUT2D eigenvalue weighted by atomic mass is 35.5. The topological polar surface area (TPSA) is 25.8 Å². The van der Waals surface area contributed by atoms with Gasteiger partial charge < -0.3 is 0 Å². The van der Waals surface area contributed by atoms with Crippen LogP contribution in [0.3, 0.4) is 0 Å². The Morgan fingerprint density at radius 3 is 1.89 bits per heavy atom. The molecule has 2 heterocycles. The number of thiazole rings is 1. The lowest BCUT2D eigenvalue weighted by Gasteiger charge is -1.91. The first-order valence-electron chi connectivity index (χ1n) is 5.95. The van der Waals surface area contributed by atoms with E-state index >= 15 is 0 Å². The minimum absolute atomic E-state index is 0.292. The van der Waals surface area contributed by atoms with Crippen molar-refractivity contribution in [3.63, 3.8) is 0 Å². The lowest BCUT2D eigenvalue weighted by Crippen LogP contribution is -1.77. The van der Waals surface area contributed by atoms with Gasteiger partial charge in [0, 0.05) is 0 Å². The van der Waals surface area contributed by atoms with Crippen LogP contribution in [0.1, 0.15) is 41.5 Å². The first kappa shape index (κ1) is 20.2. The van der Waals surface area contributed by atoms with Crippen molar-refractivity contribution in [2.45, 2.75) is 41.5 Å². The van der Waals surface area contributed by atoms with Crippen LogP contribution < -0.4 is 0 Å². The summed E-state index contributed by atoms with van der Waals surface area (Å²) < 4.78 is 1.29. The van der Waals surface area contributed by atoms with E-state index in [1.54, 1.807) is 6.07 Å². The number of nitrogens with zero attached hydrogens (tertiary/aromatic N) is 2. The molecule has 0 atom stereocenters. The van der Waals surface area contributed by atoms with Gasteiger partial charge in [-0.2, -0.15) is 0 Å². The molecule has 0 unspecified atom stereocenters. The molecule has 0 N–H and O–H groups in total. The minimum atomic E-state index is 0.292. The Balaban J connectivity index is 0. The highest BCUT2D eigenvalue weighted by Gasteiger charge is 2.07. The third-order valence-corrected chi connectivity index (χ3v) is 2.84. The van der Waals surface area contributed by atoms with Gasteiger partial charge in [-0.1, -0.05) is 76.3 Å². The monoisotopic (exact) mass is 328 g/mol. The number of halogens is 3. The van der Waals surface area contributed by atoms with Gasteiger partial charge in [-0.15, -0.1) is 11.3 Å². The molecule has 0 spiro atoms. The average molecular weight is 330 g/mol. The summed E-state index contributed by atoms with van der Waals surface area (Å²) in [5.41, 5.74) is 0.607. The summed E-state index contributed by atoms with van der Waals surface area (Å²) in [5, 5.41) is 0.647. The van der Waals surface area contributed by atoms with Crippen LogP contribution in [0.4, 0.5) is 0 Å². The molecule has 0 aliphatic carbocycles. The zero-order chi connectivity index (χ0) is 14.7. The predicted molar refractivity (Wildman–Crippen MR) is 86.5 cm³/mol. The van der Waals surface area contributed by atoms with Gasteiger partial charge in [0.05, 0.1) is 4.70 Å². The molecule has 0 bridgehead atoms. The molecule has 0 fully saturated rings. The van der Waals surface area contributed by atoms with Crippen LogP contribution in [-0.4, -0.2) is 9.97 Å². The SMILES string of the molecule is CC.CC.CC.Clc1cc2sc(Cl)nc2c(Cl)n1. The second-order valence-electron chi connectivity index (χ2n) is 2.05. The predicted octanol–water partition coefficient (Wildman–Crippen LogP) is 6.73. The van der Waals surface area contributed by atoms with Crippen molar-refractivity contribution in [3.8, 4) is 0 Å². The molecular formula is C12H19Cl3N2S. The molecule has 0 aliphatic rings. The van der Waals surface area contributed by atoms with Crippen LogP contribution in [0.2, 0.25) is 14.8 Å². The summed E-state index contributed by atoms with van der Waals surface area (Å²) in [6.07, 6.45) is 0. The summed E-state index contributed by atoms with van der Waals surface area (Å²) in [4.78, 5) is 7.82. The fraction of sp³-hybridized carbons (Fsp3) is 0.500. The molecule has 2 nitrogen and oxygen atoms in total. The Bertz CT molecular complexity index is 444. The van der Waals surface area contributed by atoms with Crippen LogP contribution in [0.25, 0.3) is 10.2 Å². The smallest absolute Gasteiger partial charge is 0.184 e.